The molecule has 2 aliphatic rings. The molecule has 110 valence electrons. The number of rotatable bonds is 3. The van der Waals surface area contributed by atoms with Crippen LogP contribution in [0.1, 0.15) is 63.5 Å². The molecule has 2 unspecified atom stereocenters. The Balaban J connectivity index is 1.69. The molecule has 2 atom stereocenters. The molecule has 1 heterocycles. The van der Waals surface area contributed by atoms with E-state index in [4.69, 9.17) is 0 Å². The van der Waals surface area contributed by atoms with Gasteiger partial charge in [0, 0.05) is 19.1 Å². The molecular formula is C19H29N. The number of hydrogen-bond donors (Lipinski definition) is 0. The van der Waals surface area contributed by atoms with Crippen LogP contribution in [-0.2, 0) is 0 Å². The molecule has 0 aromatic heterocycles. The fourth-order valence-corrected chi connectivity index (χ4v) is 4.20. The summed E-state index contributed by atoms with van der Waals surface area (Å²) in [4.78, 5) is 2.68. The molecule has 1 saturated carbocycles. The molecule has 2 fully saturated rings. The first-order valence-corrected chi connectivity index (χ1v) is 8.38. The Morgan fingerprint density at radius 1 is 1.00 bits per heavy atom. The van der Waals surface area contributed by atoms with Gasteiger partial charge in [0.05, 0.1) is 0 Å². The summed E-state index contributed by atoms with van der Waals surface area (Å²) in [6.45, 7) is 11.9. The Morgan fingerprint density at radius 3 is 2.20 bits per heavy atom. The highest BCUT2D eigenvalue weighted by Crippen LogP contribution is 2.46. The topological polar surface area (TPSA) is 3.24 Å². The van der Waals surface area contributed by atoms with Gasteiger partial charge >= 0.3 is 0 Å². The molecule has 0 N–H and O–H groups in total. The van der Waals surface area contributed by atoms with Crippen LogP contribution in [0.15, 0.2) is 24.3 Å². The van der Waals surface area contributed by atoms with E-state index in [0.717, 1.165) is 23.8 Å². The van der Waals surface area contributed by atoms with E-state index >= 15 is 0 Å². The summed E-state index contributed by atoms with van der Waals surface area (Å²) in [5, 5.41) is 0. The maximum absolute atomic E-state index is 2.68. The molecular weight excluding hydrogens is 242 g/mol. The van der Waals surface area contributed by atoms with Crippen molar-refractivity contribution >= 4 is 0 Å². The van der Waals surface area contributed by atoms with Gasteiger partial charge in [0.1, 0.15) is 0 Å². The van der Waals surface area contributed by atoms with Crippen molar-refractivity contribution in [1.29, 1.82) is 0 Å². The normalized spacial score (nSPS) is 30.4. The fraction of sp³-hybridized carbons (Fsp3) is 0.684. The molecule has 1 heteroatoms. The quantitative estimate of drug-likeness (QED) is 0.774. The van der Waals surface area contributed by atoms with Gasteiger partial charge < -0.3 is 4.90 Å². The second-order valence-electron chi connectivity index (χ2n) is 7.56. The van der Waals surface area contributed by atoms with E-state index in [1.807, 2.05) is 0 Å². The van der Waals surface area contributed by atoms with Crippen LogP contribution in [0, 0.1) is 11.8 Å². The van der Waals surface area contributed by atoms with E-state index in [1.165, 1.54) is 31.5 Å². The van der Waals surface area contributed by atoms with E-state index in [1.54, 1.807) is 5.56 Å². The van der Waals surface area contributed by atoms with Crippen LogP contribution in [0.5, 0.6) is 0 Å². The van der Waals surface area contributed by atoms with Crippen LogP contribution in [0.25, 0.3) is 0 Å². The molecule has 3 rings (SSSR count). The number of fused-ring (bicyclic) bond motifs is 1. The first-order valence-electron chi connectivity index (χ1n) is 8.38. The summed E-state index contributed by atoms with van der Waals surface area (Å²) >= 11 is 0. The van der Waals surface area contributed by atoms with Crippen LogP contribution < -0.4 is 0 Å². The van der Waals surface area contributed by atoms with E-state index in [0.29, 0.717) is 5.92 Å². The van der Waals surface area contributed by atoms with Gasteiger partial charge in [0.2, 0.25) is 0 Å². The Labute approximate surface area is 124 Å². The lowest BCUT2D eigenvalue weighted by atomic mass is 9.92. The molecule has 0 spiro atoms. The molecule has 1 aliphatic heterocycles. The first kappa shape index (κ1) is 14.1. The Kier molecular flexibility index (Phi) is 3.90. The van der Waals surface area contributed by atoms with Gasteiger partial charge in [-0.15, -0.1) is 0 Å². The summed E-state index contributed by atoms with van der Waals surface area (Å²) in [5.74, 6) is 3.36. The third-order valence-corrected chi connectivity index (χ3v) is 5.56. The first-order chi connectivity index (χ1) is 9.54. The minimum atomic E-state index is 0.646. The van der Waals surface area contributed by atoms with Crippen LogP contribution in [0.3, 0.4) is 0 Å². The monoisotopic (exact) mass is 271 g/mol. The highest BCUT2D eigenvalue weighted by Gasteiger charge is 2.41. The molecule has 1 aromatic carbocycles. The summed E-state index contributed by atoms with van der Waals surface area (Å²) < 4.78 is 0. The third kappa shape index (κ3) is 2.65. The lowest BCUT2D eigenvalue weighted by Crippen LogP contribution is -2.29. The number of likely N-dealkylation sites (tertiary alicyclic amines) is 1. The molecule has 1 aliphatic carbocycles. The third-order valence-electron chi connectivity index (χ3n) is 5.56. The smallest absolute Gasteiger partial charge is 0.00388 e. The second kappa shape index (κ2) is 5.52. The molecule has 20 heavy (non-hydrogen) atoms. The highest BCUT2D eigenvalue weighted by molar-refractivity contribution is 5.29. The summed E-state index contributed by atoms with van der Waals surface area (Å²) in [7, 11) is 0. The Morgan fingerprint density at radius 2 is 1.65 bits per heavy atom. The van der Waals surface area contributed by atoms with Crippen molar-refractivity contribution in [3.05, 3.63) is 35.4 Å². The van der Waals surface area contributed by atoms with Gasteiger partial charge in [0.15, 0.2) is 0 Å². The lowest BCUT2D eigenvalue weighted by Gasteiger charge is -2.23. The molecule has 0 radical (unpaired) electrons. The number of benzene rings is 1. The maximum atomic E-state index is 2.68. The predicted molar refractivity (Wildman–Crippen MR) is 86.2 cm³/mol. The SMILES string of the molecule is CC(C)c1cccc(C2CC3CN(C(C)C)CC3C2)c1. The van der Waals surface area contributed by atoms with Crippen molar-refractivity contribution in [2.75, 3.05) is 13.1 Å². The van der Waals surface area contributed by atoms with Crippen LogP contribution in [0.4, 0.5) is 0 Å². The van der Waals surface area contributed by atoms with Gasteiger partial charge in [-0.3, -0.25) is 0 Å². The lowest BCUT2D eigenvalue weighted by molar-refractivity contribution is 0.251. The molecule has 0 bridgehead atoms. The summed E-state index contributed by atoms with van der Waals surface area (Å²) in [5.41, 5.74) is 3.10. The Hall–Kier alpha value is -0.820. The molecule has 0 amide bonds. The number of nitrogens with zero attached hydrogens (tertiary/aromatic N) is 1. The van der Waals surface area contributed by atoms with Crippen molar-refractivity contribution in [3.8, 4) is 0 Å². The predicted octanol–water partition coefficient (Wildman–Crippen LogP) is 4.64. The van der Waals surface area contributed by atoms with Crippen LogP contribution >= 0.6 is 0 Å². The minimum absolute atomic E-state index is 0.646. The minimum Gasteiger partial charge on any atom is -0.300 e. The van der Waals surface area contributed by atoms with Crippen molar-refractivity contribution in [1.82, 2.24) is 4.90 Å². The van der Waals surface area contributed by atoms with Gasteiger partial charge in [-0.25, -0.2) is 0 Å². The molecule has 1 saturated heterocycles. The van der Waals surface area contributed by atoms with Crippen molar-refractivity contribution in [2.24, 2.45) is 11.8 Å². The zero-order valence-corrected chi connectivity index (χ0v) is 13.5. The van der Waals surface area contributed by atoms with E-state index in [2.05, 4.69) is 56.9 Å². The Bertz CT molecular complexity index is 449. The zero-order valence-electron chi connectivity index (χ0n) is 13.5. The summed E-state index contributed by atoms with van der Waals surface area (Å²) in [6.07, 6.45) is 2.82. The van der Waals surface area contributed by atoms with E-state index < -0.39 is 0 Å². The van der Waals surface area contributed by atoms with Gasteiger partial charge in [0.25, 0.3) is 0 Å². The van der Waals surface area contributed by atoms with Crippen LogP contribution in [0.2, 0.25) is 0 Å². The zero-order chi connectivity index (χ0) is 14.3. The van der Waals surface area contributed by atoms with Crippen LogP contribution in [-0.4, -0.2) is 24.0 Å². The number of hydrogen-bond acceptors (Lipinski definition) is 1. The standard InChI is InChI=1S/C19H29N/c1-13(2)15-6-5-7-16(8-15)17-9-18-11-20(14(3)4)12-19(18)10-17/h5-8,13-14,17-19H,9-12H2,1-4H3. The average molecular weight is 271 g/mol. The summed E-state index contributed by atoms with van der Waals surface area (Å²) in [6, 6.07) is 10.1. The molecule has 1 nitrogen and oxygen atoms in total. The van der Waals surface area contributed by atoms with E-state index in [9.17, 15) is 0 Å². The molecule has 1 aromatic rings. The van der Waals surface area contributed by atoms with Gasteiger partial charge in [-0.2, -0.15) is 0 Å². The largest absolute Gasteiger partial charge is 0.300 e. The van der Waals surface area contributed by atoms with Crippen molar-refractivity contribution in [2.45, 2.75) is 58.4 Å². The van der Waals surface area contributed by atoms with Crippen molar-refractivity contribution in [3.63, 3.8) is 0 Å². The fourth-order valence-electron chi connectivity index (χ4n) is 4.20. The average Bonchev–Trinajstić information content (AvgIpc) is 2.96. The maximum Gasteiger partial charge on any atom is 0.00388 e. The second-order valence-corrected chi connectivity index (χ2v) is 7.56. The highest BCUT2D eigenvalue weighted by atomic mass is 15.2. The van der Waals surface area contributed by atoms with Gasteiger partial charge in [-0.05, 0) is 61.5 Å². The van der Waals surface area contributed by atoms with E-state index in [-0.39, 0.29) is 0 Å². The van der Waals surface area contributed by atoms with Gasteiger partial charge in [-0.1, -0.05) is 38.1 Å². The van der Waals surface area contributed by atoms with Crippen molar-refractivity contribution < 1.29 is 0 Å².